The third-order valence-corrected chi connectivity index (χ3v) is 14.3. The summed E-state index contributed by atoms with van der Waals surface area (Å²) in [6, 6.07) is 0. The maximum absolute atomic E-state index is 12.9. The number of rotatable bonds is 5. The zero-order chi connectivity index (χ0) is 28.8. The predicted molar refractivity (Wildman–Crippen MR) is 156 cm³/mol. The molecular formula is C35H56O4. The molecule has 0 bridgehead atoms. The maximum Gasteiger partial charge on any atom is 0.309 e. The number of fused-ring (bicyclic) bond motifs is 7. The lowest BCUT2D eigenvalue weighted by Crippen LogP contribution is -2.66. The Hall–Kier alpha value is -1.32. The van der Waals surface area contributed by atoms with Crippen LogP contribution in [0.5, 0.6) is 0 Å². The molecule has 4 heteroatoms. The topological polar surface area (TPSA) is 63.6 Å². The summed E-state index contributed by atoms with van der Waals surface area (Å²) in [7, 11) is 0. The molecule has 0 aromatic rings. The molecule has 8 unspecified atom stereocenters. The van der Waals surface area contributed by atoms with Crippen molar-refractivity contribution in [2.75, 3.05) is 0 Å². The van der Waals surface area contributed by atoms with Gasteiger partial charge in [-0.3, -0.25) is 9.59 Å². The van der Waals surface area contributed by atoms with E-state index in [2.05, 4.69) is 48.1 Å². The van der Waals surface area contributed by atoms with E-state index >= 15 is 0 Å². The van der Waals surface area contributed by atoms with Crippen LogP contribution in [0.4, 0.5) is 0 Å². The maximum atomic E-state index is 12.9. The molecule has 0 radical (unpaired) electrons. The second kappa shape index (κ2) is 9.35. The van der Waals surface area contributed by atoms with Gasteiger partial charge in [0.25, 0.3) is 0 Å². The second-order valence-electron chi connectivity index (χ2n) is 16.8. The monoisotopic (exact) mass is 540 g/mol. The number of esters is 1. The van der Waals surface area contributed by atoms with Crippen molar-refractivity contribution in [1.82, 2.24) is 0 Å². The predicted octanol–water partition coefficient (Wildman–Crippen LogP) is 8.69. The van der Waals surface area contributed by atoms with Gasteiger partial charge in [0, 0.05) is 5.41 Å². The molecule has 4 nitrogen and oxygen atoms in total. The third kappa shape index (κ3) is 4.18. The van der Waals surface area contributed by atoms with Gasteiger partial charge in [-0.2, -0.15) is 0 Å². The normalized spacial score (nSPS) is 46.7. The third-order valence-electron chi connectivity index (χ3n) is 14.3. The first-order valence-corrected chi connectivity index (χ1v) is 16.1. The van der Waals surface area contributed by atoms with E-state index in [1.807, 2.05) is 0 Å². The van der Waals surface area contributed by atoms with Gasteiger partial charge in [-0.25, -0.2) is 0 Å². The smallest absolute Gasteiger partial charge is 0.309 e. The Balaban J connectivity index is 1.38. The highest BCUT2D eigenvalue weighted by molar-refractivity contribution is 5.81. The zero-order valence-electron chi connectivity index (χ0n) is 26.2. The van der Waals surface area contributed by atoms with Crippen LogP contribution in [0.25, 0.3) is 0 Å². The van der Waals surface area contributed by atoms with Crippen LogP contribution in [0.15, 0.2) is 12.2 Å². The van der Waals surface area contributed by atoms with Crippen LogP contribution in [0.1, 0.15) is 126 Å². The highest BCUT2D eigenvalue weighted by Crippen LogP contribution is 2.76. The molecule has 1 N–H and O–H groups in total. The number of hydrogen-bond acceptors (Lipinski definition) is 3. The van der Waals surface area contributed by atoms with E-state index in [-0.39, 0.29) is 29.3 Å². The molecule has 0 heterocycles. The van der Waals surface area contributed by atoms with Gasteiger partial charge in [0.1, 0.15) is 6.10 Å². The number of carbonyl (C=O) groups excluding carboxylic acids is 1. The average molecular weight is 541 g/mol. The van der Waals surface area contributed by atoms with Crippen LogP contribution >= 0.6 is 0 Å². The molecule has 10 atom stereocenters. The molecule has 0 aromatic carbocycles. The summed E-state index contributed by atoms with van der Waals surface area (Å²) in [6.45, 7) is 22.6. The minimum absolute atomic E-state index is 0.0787. The number of carboxylic acid groups (broad SMARTS) is 1. The number of carboxylic acids is 1. The van der Waals surface area contributed by atoms with Gasteiger partial charge in [0.2, 0.25) is 0 Å². The number of hydrogen-bond donors (Lipinski definition) is 1. The first kappa shape index (κ1) is 29.2. The summed E-state index contributed by atoms with van der Waals surface area (Å²) in [5.74, 6) is 3.19. The Kier molecular flexibility index (Phi) is 6.99. The largest absolute Gasteiger partial charge is 0.481 e. The van der Waals surface area contributed by atoms with Crippen molar-refractivity contribution < 1.29 is 19.4 Å². The van der Waals surface area contributed by atoms with Gasteiger partial charge < -0.3 is 9.84 Å². The van der Waals surface area contributed by atoms with Gasteiger partial charge in [0.15, 0.2) is 0 Å². The fourth-order valence-electron chi connectivity index (χ4n) is 12.0. The first-order chi connectivity index (χ1) is 18.0. The number of ether oxygens (including phenoxy) is 1. The van der Waals surface area contributed by atoms with E-state index in [1.165, 1.54) is 56.9 Å². The lowest BCUT2D eigenvalue weighted by Gasteiger charge is -2.72. The van der Waals surface area contributed by atoms with Crippen LogP contribution < -0.4 is 0 Å². The van der Waals surface area contributed by atoms with Crippen molar-refractivity contribution in [3.05, 3.63) is 12.2 Å². The highest BCUT2D eigenvalue weighted by atomic mass is 16.5. The van der Waals surface area contributed by atoms with Crippen molar-refractivity contribution in [1.29, 1.82) is 0 Å². The van der Waals surface area contributed by atoms with E-state index < -0.39 is 11.4 Å². The van der Waals surface area contributed by atoms with Crippen LogP contribution in [-0.2, 0) is 14.3 Å². The summed E-state index contributed by atoms with van der Waals surface area (Å²) < 4.78 is 6.12. The van der Waals surface area contributed by atoms with E-state index in [0.29, 0.717) is 22.7 Å². The molecule has 5 fully saturated rings. The van der Waals surface area contributed by atoms with Crippen LogP contribution in [0.2, 0.25) is 0 Å². The molecule has 220 valence electrons. The summed E-state index contributed by atoms with van der Waals surface area (Å²) in [5.41, 5.74) is 1.18. The second-order valence-corrected chi connectivity index (χ2v) is 16.8. The van der Waals surface area contributed by atoms with Crippen molar-refractivity contribution in [2.24, 2.45) is 62.6 Å². The van der Waals surface area contributed by atoms with Crippen molar-refractivity contribution in [2.45, 2.75) is 132 Å². The van der Waals surface area contributed by atoms with Crippen molar-refractivity contribution >= 4 is 11.9 Å². The molecular weight excluding hydrogens is 484 g/mol. The molecule has 5 aliphatic carbocycles. The minimum atomic E-state index is -1.10. The Labute approximate surface area is 238 Å². The van der Waals surface area contributed by atoms with Crippen molar-refractivity contribution in [3.63, 3.8) is 0 Å². The number of aliphatic carboxylic acids is 1. The van der Waals surface area contributed by atoms with Gasteiger partial charge in [-0.15, -0.1) is 0 Å². The number of allylic oxidation sites excluding steroid dienone is 1. The van der Waals surface area contributed by atoms with E-state index in [9.17, 15) is 14.7 Å². The van der Waals surface area contributed by atoms with Crippen LogP contribution in [0.3, 0.4) is 0 Å². The summed E-state index contributed by atoms with van der Waals surface area (Å²) >= 11 is 0. The zero-order valence-corrected chi connectivity index (χ0v) is 26.2. The quantitative estimate of drug-likeness (QED) is 0.280. The molecule has 5 rings (SSSR count). The van der Waals surface area contributed by atoms with E-state index in [0.717, 1.165) is 36.5 Å². The SMILES string of the molecule is C=C(C)[C@H]1CCC2CC[C@]3(C)C(CCC4C5(C)CCC(OC(=O)CC(C)(C)C(=O)O)C(C)(C)C5CCC43C)C21. The minimum Gasteiger partial charge on any atom is -0.481 e. The Morgan fingerprint density at radius 3 is 2.18 bits per heavy atom. The molecule has 0 aromatic heterocycles. The molecule has 0 saturated heterocycles. The lowest BCUT2D eigenvalue weighted by atomic mass is 9.33. The van der Waals surface area contributed by atoms with Crippen molar-refractivity contribution in [3.8, 4) is 0 Å². The molecule has 39 heavy (non-hydrogen) atoms. The van der Waals surface area contributed by atoms with Gasteiger partial charge >= 0.3 is 11.9 Å². The standard InChI is InChI=1S/C35H56O4/c1-21(2)23-11-10-22-14-18-34(8)24(29(22)23)12-13-26-33(7)17-16-27(39-28(36)20-31(3,4)30(37)38)32(5,6)25(33)15-19-35(26,34)9/h22-27,29H,1,10-20H2,2-9H3,(H,37,38)/t22?,23-,24?,25?,26?,27?,29?,33?,34-,35?/m1/s1. The Morgan fingerprint density at radius 2 is 1.54 bits per heavy atom. The highest BCUT2D eigenvalue weighted by Gasteiger charge is 2.69. The Bertz CT molecular complexity index is 1030. The van der Waals surface area contributed by atoms with Gasteiger partial charge in [-0.1, -0.05) is 46.8 Å². The van der Waals surface area contributed by atoms with Gasteiger partial charge in [0.05, 0.1) is 11.8 Å². The fourth-order valence-corrected chi connectivity index (χ4v) is 12.0. The fraction of sp³-hybridized carbons (Fsp3) is 0.886. The summed E-state index contributed by atoms with van der Waals surface area (Å²) in [4.78, 5) is 24.5. The number of carbonyl (C=O) groups is 2. The molecule has 0 aliphatic heterocycles. The molecule has 5 saturated carbocycles. The molecule has 5 aliphatic rings. The van der Waals surface area contributed by atoms with E-state index in [1.54, 1.807) is 13.8 Å². The van der Waals surface area contributed by atoms with Crippen LogP contribution in [0, 0.1) is 62.6 Å². The molecule has 0 amide bonds. The molecule has 0 spiro atoms. The van der Waals surface area contributed by atoms with E-state index in [4.69, 9.17) is 4.74 Å². The van der Waals surface area contributed by atoms with Crippen LogP contribution in [-0.4, -0.2) is 23.1 Å². The first-order valence-electron chi connectivity index (χ1n) is 16.1. The summed E-state index contributed by atoms with van der Waals surface area (Å²) in [6.07, 6.45) is 12.5. The average Bonchev–Trinajstić information content (AvgIpc) is 3.25. The summed E-state index contributed by atoms with van der Waals surface area (Å²) in [5, 5.41) is 9.50. The Morgan fingerprint density at radius 1 is 0.872 bits per heavy atom. The lowest BCUT2D eigenvalue weighted by molar-refractivity contribution is -0.244. The van der Waals surface area contributed by atoms with Gasteiger partial charge in [-0.05, 0) is 137 Å².